The third-order valence-electron chi connectivity index (χ3n) is 3.02. The molecule has 0 aliphatic carbocycles. The van der Waals surface area contributed by atoms with Gasteiger partial charge in [-0.3, -0.25) is 4.98 Å². The van der Waals surface area contributed by atoms with Crippen molar-refractivity contribution in [2.75, 3.05) is 6.54 Å². The molecule has 0 aliphatic rings. The molecule has 0 fully saturated rings. The summed E-state index contributed by atoms with van der Waals surface area (Å²) in [6, 6.07) is 8.27. The van der Waals surface area contributed by atoms with Crippen molar-refractivity contribution in [1.29, 1.82) is 0 Å². The summed E-state index contributed by atoms with van der Waals surface area (Å²) >= 11 is 3.33. The number of halogens is 2. The second kappa shape index (κ2) is 7.52. The highest BCUT2D eigenvalue weighted by molar-refractivity contribution is 9.10. The first-order valence-electron chi connectivity index (χ1n) is 6.92. The van der Waals surface area contributed by atoms with E-state index in [1.165, 1.54) is 12.1 Å². The minimum atomic E-state index is -0.338. The largest absolute Gasteiger partial charge is 0.454 e. The zero-order chi connectivity index (χ0) is 15.2. The second-order valence-electron chi connectivity index (χ2n) is 4.77. The van der Waals surface area contributed by atoms with Crippen LogP contribution in [-0.2, 0) is 0 Å². The lowest BCUT2D eigenvalue weighted by atomic mass is 10.2. The highest BCUT2D eigenvalue weighted by atomic mass is 79.9. The third-order valence-corrected chi connectivity index (χ3v) is 3.68. The Labute approximate surface area is 132 Å². The van der Waals surface area contributed by atoms with Gasteiger partial charge in [-0.1, -0.05) is 6.92 Å². The Kier molecular flexibility index (Phi) is 5.70. The van der Waals surface area contributed by atoms with E-state index in [2.05, 4.69) is 40.1 Å². The van der Waals surface area contributed by atoms with E-state index in [-0.39, 0.29) is 11.9 Å². The van der Waals surface area contributed by atoms with Crippen LogP contribution in [0.4, 0.5) is 4.39 Å². The number of aromatic nitrogens is 1. The molecule has 2 rings (SSSR count). The van der Waals surface area contributed by atoms with Gasteiger partial charge in [0, 0.05) is 12.1 Å². The summed E-state index contributed by atoms with van der Waals surface area (Å²) < 4.78 is 19.5. The molecule has 21 heavy (non-hydrogen) atoms. The van der Waals surface area contributed by atoms with E-state index >= 15 is 0 Å². The molecular weight excluding hydrogens is 335 g/mol. The fourth-order valence-electron chi connectivity index (χ4n) is 1.86. The summed E-state index contributed by atoms with van der Waals surface area (Å²) in [6.45, 7) is 5.15. The maximum absolute atomic E-state index is 13.2. The smallest absolute Gasteiger partial charge is 0.145 e. The summed E-state index contributed by atoms with van der Waals surface area (Å²) in [5.74, 6) is 0.671. The number of hydrogen-bond acceptors (Lipinski definition) is 3. The van der Waals surface area contributed by atoms with Crippen molar-refractivity contribution < 1.29 is 9.13 Å². The van der Waals surface area contributed by atoms with Gasteiger partial charge in [0.05, 0.1) is 16.4 Å². The molecule has 0 bridgehead atoms. The van der Waals surface area contributed by atoms with Crippen molar-refractivity contribution in [3.8, 4) is 11.5 Å². The zero-order valence-corrected chi connectivity index (χ0v) is 13.7. The third kappa shape index (κ3) is 4.51. The van der Waals surface area contributed by atoms with E-state index in [4.69, 9.17) is 4.74 Å². The average molecular weight is 353 g/mol. The van der Waals surface area contributed by atoms with Gasteiger partial charge in [0.2, 0.25) is 0 Å². The van der Waals surface area contributed by atoms with Gasteiger partial charge in [-0.25, -0.2) is 4.39 Å². The molecule has 0 aliphatic heterocycles. The van der Waals surface area contributed by atoms with Crippen molar-refractivity contribution in [1.82, 2.24) is 10.3 Å². The summed E-state index contributed by atoms with van der Waals surface area (Å²) in [6.07, 6.45) is 2.73. The minimum absolute atomic E-state index is 0.194. The van der Waals surface area contributed by atoms with Crippen LogP contribution >= 0.6 is 15.9 Å². The molecule has 1 aromatic carbocycles. The van der Waals surface area contributed by atoms with E-state index in [1.54, 1.807) is 12.3 Å². The van der Waals surface area contributed by atoms with E-state index < -0.39 is 0 Å². The Morgan fingerprint density at radius 3 is 2.81 bits per heavy atom. The lowest BCUT2D eigenvalue weighted by Gasteiger charge is -2.13. The molecule has 0 spiro atoms. The van der Waals surface area contributed by atoms with Crippen LogP contribution in [0.2, 0.25) is 0 Å². The maximum atomic E-state index is 13.2. The van der Waals surface area contributed by atoms with Gasteiger partial charge in [0.25, 0.3) is 0 Å². The Hall–Kier alpha value is -1.46. The Morgan fingerprint density at radius 2 is 2.14 bits per heavy atom. The molecule has 1 heterocycles. The standard InChI is InChI=1S/C16H18BrFN2O/c1-3-8-19-11(2)15-7-5-13(10-20-15)21-16-9-12(18)4-6-14(16)17/h4-7,9-11,19H,3,8H2,1-2H3. The van der Waals surface area contributed by atoms with Crippen molar-refractivity contribution in [3.63, 3.8) is 0 Å². The molecule has 1 unspecified atom stereocenters. The Balaban J connectivity index is 2.07. The molecule has 3 nitrogen and oxygen atoms in total. The molecule has 0 radical (unpaired) electrons. The topological polar surface area (TPSA) is 34.1 Å². The first kappa shape index (κ1) is 15.9. The van der Waals surface area contributed by atoms with E-state index in [1.807, 2.05) is 12.1 Å². The van der Waals surface area contributed by atoms with E-state index in [0.29, 0.717) is 16.0 Å². The molecule has 0 saturated heterocycles. The van der Waals surface area contributed by atoms with Crippen LogP contribution in [0, 0.1) is 5.82 Å². The molecule has 2 aromatic rings. The predicted molar refractivity (Wildman–Crippen MR) is 85.1 cm³/mol. The minimum Gasteiger partial charge on any atom is -0.454 e. The molecule has 0 amide bonds. The average Bonchev–Trinajstić information content (AvgIpc) is 2.49. The first-order valence-corrected chi connectivity index (χ1v) is 7.71. The van der Waals surface area contributed by atoms with Gasteiger partial charge in [-0.15, -0.1) is 0 Å². The van der Waals surface area contributed by atoms with Gasteiger partial charge >= 0.3 is 0 Å². The lowest BCUT2D eigenvalue weighted by Crippen LogP contribution is -2.20. The first-order chi connectivity index (χ1) is 10.1. The predicted octanol–water partition coefficient (Wildman–Crippen LogP) is 4.84. The molecule has 0 saturated carbocycles. The monoisotopic (exact) mass is 352 g/mol. The van der Waals surface area contributed by atoms with Gasteiger partial charge in [0.15, 0.2) is 0 Å². The number of hydrogen-bond donors (Lipinski definition) is 1. The van der Waals surface area contributed by atoms with Crippen LogP contribution in [0.3, 0.4) is 0 Å². The number of nitrogens with zero attached hydrogens (tertiary/aromatic N) is 1. The second-order valence-corrected chi connectivity index (χ2v) is 5.63. The summed E-state index contributed by atoms with van der Waals surface area (Å²) in [4.78, 5) is 4.38. The van der Waals surface area contributed by atoms with Gasteiger partial charge in [0.1, 0.15) is 17.3 Å². The fraction of sp³-hybridized carbons (Fsp3) is 0.312. The zero-order valence-electron chi connectivity index (χ0n) is 12.1. The van der Waals surface area contributed by atoms with Crippen molar-refractivity contribution in [2.45, 2.75) is 26.3 Å². The van der Waals surface area contributed by atoms with Gasteiger partial charge in [-0.2, -0.15) is 0 Å². The number of rotatable bonds is 6. The molecular formula is C16H18BrFN2O. The fourth-order valence-corrected chi connectivity index (χ4v) is 2.18. The van der Waals surface area contributed by atoms with Crippen LogP contribution in [0.15, 0.2) is 41.0 Å². The summed E-state index contributed by atoms with van der Waals surface area (Å²) in [5.41, 5.74) is 0.953. The number of nitrogens with one attached hydrogen (secondary N) is 1. The van der Waals surface area contributed by atoms with E-state index in [0.717, 1.165) is 18.7 Å². The van der Waals surface area contributed by atoms with Crippen molar-refractivity contribution >= 4 is 15.9 Å². The van der Waals surface area contributed by atoms with Crippen LogP contribution < -0.4 is 10.1 Å². The van der Waals surface area contributed by atoms with E-state index in [9.17, 15) is 4.39 Å². The lowest BCUT2D eigenvalue weighted by molar-refractivity contribution is 0.469. The molecule has 112 valence electrons. The SMILES string of the molecule is CCCNC(C)c1ccc(Oc2cc(F)ccc2Br)cn1. The normalized spacial score (nSPS) is 12.2. The van der Waals surface area contributed by atoms with Crippen LogP contribution in [-0.4, -0.2) is 11.5 Å². The van der Waals surface area contributed by atoms with Crippen molar-refractivity contribution in [3.05, 3.63) is 52.5 Å². The maximum Gasteiger partial charge on any atom is 0.145 e. The van der Waals surface area contributed by atoms with Crippen LogP contribution in [0.5, 0.6) is 11.5 Å². The van der Waals surface area contributed by atoms with Gasteiger partial charge < -0.3 is 10.1 Å². The number of pyridine rings is 1. The Morgan fingerprint density at radius 1 is 1.33 bits per heavy atom. The van der Waals surface area contributed by atoms with Gasteiger partial charge in [-0.05, 0) is 60.1 Å². The Bertz CT molecular complexity index is 589. The van der Waals surface area contributed by atoms with Crippen LogP contribution in [0.25, 0.3) is 0 Å². The number of ether oxygens (including phenoxy) is 1. The summed E-state index contributed by atoms with van der Waals surface area (Å²) in [5, 5.41) is 3.37. The summed E-state index contributed by atoms with van der Waals surface area (Å²) in [7, 11) is 0. The molecule has 1 N–H and O–H groups in total. The molecule has 1 atom stereocenters. The highest BCUT2D eigenvalue weighted by Crippen LogP contribution is 2.30. The van der Waals surface area contributed by atoms with Crippen molar-refractivity contribution in [2.24, 2.45) is 0 Å². The highest BCUT2D eigenvalue weighted by Gasteiger charge is 2.08. The number of benzene rings is 1. The molecule has 5 heteroatoms. The molecule has 1 aromatic heterocycles. The van der Waals surface area contributed by atoms with Crippen LogP contribution in [0.1, 0.15) is 32.0 Å². The quantitative estimate of drug-likeness (QED) is 0.807.